The first-order valence-electron chi connectivity index (χ1n) is 6.07. The SMILES string of the molecule is O=C(O)Cc1nnc2ccc(Nc3cccc(Cl)c3)nn12.[LiH]. The van der Waals surface area contributed by atoms with Crippen molar-refractivity contribution in [2.75, 3.05) is 5.32 Å². The molecule has 0 bridgehead atoms. The summed E-state index contributed by atoms with van der Waals surface area (Å²) in [5.74, 6) is -0.178. The Morgan fingerprint density at radius 2 is 2.09 bits per heavy atom. The summed E-state index contributed by atoms with van der Waals surface area (Å²) >= 11 is 5.92. The van der Waals surface area contributed by atoms with Crippen molar-refractivity contribution in [3.63, 3.8) is 0 Å². The number of aromatic nitrogens is 4. The standard InChI is InChI=1S/C13H10ClN5O2.Li.H/c14-8-2-1-3-9(6-8)15-10-4-5-11-16-17-12(7-13(20)21)19(11)18-10;;/h1-6H,7H2,(H,15,18)(H,20,21);;. The predicted octanol–water partition coefficient (Wildman–Crippen LogP) is 1.50. The van der Waals surface area contributed by atoms with Gasteiger partial charge in [0.05, 0.1) is 0 Å². The molecule has 1 aromatic carbocycles. The van der Waals surface area contributed by atoms with Gasteiger partial charge in [-0.3, -0.25) is 4.79 Å². The summed E-state index contributed by atoms with van der Waals surface area (Å²) in [7, 11) is 0. The Kier molecular flexibility index (Phi) is 5.03. The van der Waals surface area contributed by atoms with Gasteiger partial charge in [-0.1, -0.05) is 17.7 Å². The average molecular weight is 312 g/mol. The van der Waals surface area contributed by atoms with Gasteiger partial charge < -0.3 is 10.4 Å². The maximum absolute atomic E-state index is 10.8. The molecule has 0 atom stereocenters. The fraction of sp³-hybridized carbons (Fsp3) is 0.0769. The van der Waals surface area contributed by atoms with Crippen LogP contribution in [0.15, 0.2) is 36.4 Å². The van der Waals surface area contributed by atoms with Crippen LogP contribution < -0.4 is 5.32 Å². The molecule has 0 aliphatic carbocycles. The molecule has 2 N–H and O–H groups in total. The second kappa shape index (κ2) is 6.79. The van der Waals surface area contributed by atoms with Crippen molar-refractivity contribution in [2.24, 2.45) is 0 Å². The van der Waals surface area contributed by atoms with Gasteiger partial charge in [0.25, 0.3) is 0 Å². The van der Waals surface area contributed by atoms with E-state index in [1.54, 1.807) is 24.3 Å². The maximum atomic E-state index is 10.8. The molecule has 108 valence electrons. The molecule has 0 spiro atoms. The molecule has 2 heterocycles. The molecule has 0 saturated heterocycles. The van der Waals surface area contributed by atoms with Crippen molar-refractivity contribution >= 4 is 53.6 Å². The van der Waals surface area contributed by atoms with Crippen molar-refractivity contribution in [2.45, 2.75) is 6.42 Å². The van der Waals surface area contributed by atoms with E-state index in [2.05, 4.69) is 20.6 Å². The summed E-state index contributed by atoms with van der Waals surface area (Å²) in [6.07, 6.45) is -0.241. The summed E-state index contributed by atoms with van der Waals surface area (Å²) in [6, 6.07) is 10.6. The summed E-state index contributed by atoms with van der Waals surface area (Å²) in [4.78, 5) is 10.8. The molecule has 22 heavy (non-hydrogen) atoms. The summed E-state index contributed by atoms with van der Waals surface area (Å²) in [5.41, 5.74) is 1.27. The zero-order valence-corrected chi connectivity index (χ0v) is 11.4. The molecule has 7 nitrogen and oxygen atoms in total. The number of hydrogen-bond acceptors (Lipinski definition) is 5. The fourth-order valence-corrected chi connectivity index (χ4v) is 2.05. The first-order chi connectivity index (χ1) is 10.1. The van der Waals surface area contributed by atoms with Gasteiger partial charge in [0.1, 0.15) is 6.42 Å². The van der Waals surface area contributed by atoms with Crippen molar-refractivity contribution in [3.05, 3.63) is 47.2 Å². The van der Waals surface area contributed by atoms with Crippen LogP contribution in [0.5, 0.6) is 0 Å². The van der Waals surface area contributed by atoms with Gasteiger partial charge in [-0.25, -0.2) is 0 Å². The monoisotopic (exact) mass is 311 g/mol. The summed E-state index contributed by atoms with van der Waals surface area (Å²) in [6.45, 7) is 0. The van der Waals surface area contributed by atoms with Gasteiger partial charge in [-0.15, -0.1) is 15.3 Å². The molecule has 0 radical (unpaired) electrons. The molecule has 0 saturated carbocycles. The quantitative estimate of drug-likeness (QED) is 0.709. The van der Waals surface area contributed by atoms with Gasteiger partial charge in [0, 0.05) is 10.7 Å². The van der Waals surface area contributed by atoms with Crippen LogP contribution in [0, 0.1) is 0 Å². The van der Waals surface area contributed by atoms with E-state index in [1.807, 2.05) is 12.1 Å². The Labute approximate surface area is 142 Å². The second-order valence-electron chi connectivity index (χ2n) is 4.31. The van der Waals surface area contributed by atoms with Gasteiger partial charge in [-0.2, -0.15) is 4.52 Å². The van der Waals surface area contributed by atoms with Gasteiger partial charge in [-0.05, 0) is 30.3 Å². The van der Waals surface area contributed by atoms with Crippen LogP contribution >= 0.6 is 11.6 Å². The van der Waals surface area contributed by atoms with E-state index in [0.717, 1.165) is 5.69 Å². The topological polar surface area (TPSA) is 92.4 Å². The van der Waals surface area contributed by atoms with E-state index in [-0.39, 0.29) is 31.1 Å². The number of carbonyl (C=O) groups is 1. The third kappa shape index (κ3) is 3.57. The Balaban J connectivity index is 0.00000176. The number of nitrogens with one attached hydrogen (secondary N) is 1. The number of benzene rings is 1. The molecule has 0 unspecified atom stereocenters. The van der Waals surface area contributed by atoms with E-state index in [1.165, 1.54) is 4.52 Å². The number of hydrogen-bond donors (Lipinski definition) is 2. The normalized spacial score (nSPS) is 10.2. The van der Waals surface area contributed by atoms with E-state index in [9.17, 15) is 4.79 Å². The number of carboxylic acid groups (broad SMARTS) is 1. The van der Waals surface area contributed by atoms with Crippen LogP contribution in [-0.4, -0.2) is 49.7 Å². The molecule has 3 aromatic rings. The fourth-order valence-electron chi connectivity index (χ4n) is 1.86. The van der Waals surface area contributed by atoms with E-state index < -0.39 is 5.97 Å². The van der Waals surface area contributed by atoms with Crippen molar-refractivity contribution < 1.29 is 9.90 Å². The third-order valence-corrected chi connectivity index (χ3v) is 2.97. The number of nitrogens with zero attached hydrogens (tertiary/aromatic N) is 4. The van der Waals surface area contributed by atoms with E-state index >= 15 is 0 Å². The number of carboxylic acids is 1. The number of fused-ring (bicyclic) bond motifs is 1. The van der Waals surface area contributed by atoms with Crippen molar-refractivity contribution in [1.29, 1.82) is 0 Å². The Morgan fingerprint density at radius 1 is 1.27 bits per heavy atom. The molecule has 3 rings (SSSR count). The van der Waals surface area contributed by atoms with Crippen LogP contribution in [0.4, 0.5) is 11.5 Å². The van der Waals surface area contributed by atoms with Crippen molar-refractivity contribution in [1.82, 2.24) is 19.8 Å². The number of anilines is 2. The van der Waals surface area contributed by atoms with E-state index in [4.69, 9.17) is 16.7 Å². The zero-order chi connectivity index (χ0) is 14.8. The Bertz CT molecular complexity index is 823. The van der Waals surface area contributed by atoms with Crippen molar-refractivity contribution in [3.8, 4) is 0 Å². The predicted molar refractivity (Wildman–Crippen MR) is 84.0 cm³/mol. The second-order valence-corrected chi connectivity index (χ2v) is 4.75. The Morgan fingerprint density at radius 3 is 2.82 bits per heavy atom. The van der Waals surface area contributed by atoms with Crippen LogP contribution in [0.2, 0.25) is 5.02 Å². The van der Waals surface area contributed by atoms with Crippen LogP contribution in [0.25, 0.3) is 5.65 Å². The van der Waals surface area contributed by atoms with Crippen LogP contribution in [0.1, 0.15) is 5.82 Å². The van der Waals surface area contributed by atoms with Crippen LogP contribution in [0.3, 0.4) is 0 Å². The first kappa shape index (κ1) is 16.3. The van der Waals surface area contributed by atoms with Gasteiger partial charge in [0.15, 0.2) is 17.3 Å². The summed E-state index contributed by atoms with van der Waals surface area (Å²) < 4.78 is 1.40. The van der Waals surface area contributed by atoms with E-state index in [0.29, 0.717) is 16.5 Å². The minimum atomic E-state index is -0.987. The van der Waals surface area contributed by atoms with Gasteiger partial charge in [0.2, 0.25) is 0 Å². The number of rotatable bonds is 4. The molecule has 0 amide bonds. The molecular formula is C13H11ClLiN5O2. The number of aliphatic carboxylic acids is 1. The molecule has 0 aliphatic rings. The zero-order valence-electron chi connectivity index (χ0n) is 10.7. The molecule has 2 aromatic heterocycles. The molecular weight excluding hydrogens is 301 g/mol. The molecule has 9 heteroatoms. The number of halogens is 1. The average Bonchev–Trinajstić information content (AvgIpc) is 2.81. The Hall–Kier alpha value is -2.07. The minimum absolute atomic E-state index is 0. The molecule has 0 fully saturated rings. The first-order valence-corrected chi connectivity index (χ1v) is 6.45. The van der Waals surface area contributed by atoms with Crippen LogP contribution in [-0.2, 0) is 11.2 Å². The van der Waals surface area contributed by atoms with Gasteiger partial charge >= 0.3 is 24.8 Å². The summed E-state index contributed by atoms with van der Waals surface area (Å²) in [5, 5.41) is 24.5. The third-order valence-electron chi connectivity index (χ3n) is 2.73. The molecule has 0 aliphatic heterocycles.